The topological polar surface area (TPSA) is 104 Å². The zero-order valence-electron chi connectivity index (χ0n) is 35.9. The van der Waals surface area contributed by atoms with E-state index in [1.807, 2.05) is 0 Å². The molecule has 0 aromatic rings. The number of aliphatic hydroxyl groups excluding tert-OH is 1. The molecule has 0 heterocycles. The van der Waals surface area contributed by atoms with E-state index < -0.39 is 28.0 Å². The molecule has 0 rings (SSSR count). The summed E-state index contributed by atoms with van der Waals surface area (Å²) in [5.74, 6) is -0.894. The third kappa shape index (κ3) is 42.0. The van der Waals surface area contributed by atoms with Crippen LogP contribution in [0.25, 0.3) is 0 Å². The van der Waals surface area contributed by atoms with Gasteiger partial charge in [-0.25, -0.2) is 0 Å². The molecule has 3 N–H and O–H groups in total. The molecule has 0 aliphatic carbocycles. The molecule has 320 valence electrons. The second-order valence-corrected chi connectivity index (χ2v) is 17.9. The van der Waals surface area contributed by atoms with Gasteiger partial charge in [-0.3, -0.25) is 9.35 Å². The van der Waals surface area contributed by atoms with Crippen molar-refractivity contribution in [2.45, 2.75) is 264 Å². The van der Waals surface area contributed by atoms with Crippen molar-refractivity contribution in [1.29, 1.82) is 0 Å². The third-order valence-electron chi connectivity index (χ3n) is 10.9. The lowest BCUT2D eigenvalue weighted by atomic mass is 10.0. The van der Waals surface area contributed by atoms with Crippen LogP contribution in [0.4, 0.5) is 0 Å². The number of allylic oxidation sites excluding steroid dienone is 4. The van der Waals surface area contributed by atoms with Crippen molar-refractivity contribution in [2.75, 3.05) is 5.75 Å². The lowest BCUT2D eigenvalue weighted by Gasteiger charge is -2.23. The molecule has 0 aromatic carbocycles. The van der Waals surface area contributed by atoms with Crippen molar-refractivity contribution in [3.8, 4) is 0 Å². The SMILES string of the molecule is CCCCCCC/C=C\C/C=C\CCCCCCCCCCCC(=O)NC(CS(=O)(=O)O)C(O)CCCCCCCCCCCCCCCCCCCC. The predicted octanol–water partition coefficient (Wildman–Crippen LogP) is 14.3. The van der Waals surface area contributed by atoms with Crippen molar-refractivity contribution in [3.05, 3.63) is 24.3 Å². The molecule has 0 fully saturated rings. The van der Waals surface area contributed by atoms with E-state index in [1.165, 1.54) is 180 Å². The van der Waals surface area contributed by atoms with E-state index in [9.17, 15) is 22.9 Å². The summed E-state index contributed by atoms with van der Waals surface area (Å²) < 4.78 is 32.7. The van der Waals surface area contributed by atoms with Crippen LogP contribution in [0.1, 0.15) is 251 Å². The Labute approximate surface area is 336 Å². The van der Waals surface area contributed by atoms with Gasteiger partial charge >= 0.3 is 0 Å². The Bertz CT molecular complexity index is 950. The van der Waals surface area contributed by atoms with Gasteiger partial charge in [0.05, 0.1) is 17.9 Å². The molecule has 0 saturated heterocycles. The van der Waals surface area contributed by atoms with Gasteiger partial charge in [-0.15, -0.1) is 0 Å². The summed E-state index contributed by atoms with van der Waals surface area (Å²) in [6, 6.07) is -0.972. The van der Waals surface area contributed by atoms with Crippen LogP contribution in [0.3, 0.4) is 0 Å². The van der Waals surface area contributed by atoms with Crippen LogP contribution in [0, 0.1) is 0 Å². The molecule has 0 spiro atoms. The highest BCUT2D eigenvalue weighted by atomic mass is 32.2. The van der Waals surface area contributed by atoms with Gasteiger partial charge in [-0.05, 0) is 44.9 Å². The standard InChI is InChI=1S/C47H91NO5S/c1-3-5-7-9-11-13-15-17-19-21-23-24-25-27-29-31-33-35-37-39-41-43-47(50)48-45(44-54(51,52)53)46(49)42-40-38-36-34-32-30-28-26-22-20-18-16-14-12-10-8-6-4-2/h15,17,21,23,45-46,49H,3-14,16,18-20,22,24-44H2,1-2H3,(H,48,50)(H,51,52,53)/b17-15-,23-21-. The van der Waals surface area contributed by atoms with Crippen LogP contribution < -0.4 is 5.32 Å². The normalized spacial score (nSPS) is 13.3. The molecule has 2 atom stereocenters. The van der Waals surface area contributed by atoms with E-state index in [-0.39, 0.29) is 5.91 Å². The van der Waals surface area contributed by atoms with E-state index in [0.29, 0.717) is 12.8 Å². The van der Waals surface area contributed by atoms with Crippen molar-refractivity contribution in [2.24, 2.45) is 0 Å². The summed E-state index contributed by atoms with van der Waals surface area (Å²) in [5.41, 5.74) is 0. The third-order valence-corrected chi connectivity index (χ3v) is 11.7. The summed E-state index contributed by atoms with van der Waals surface area (Å²) in [6.07, 6.45) is 52.7. The van der Waals surface area contributed by atoms with Crippen molar-refractivity contribution >= 4 is 16.0 Å². The molecule has 6 nitrogen and oxygen atoms in total. The van der Waals surface area contributed by atoms with Gasteiger partial charge in [0, 0.05) is 6.42 Å². The summed E-state index contributed by atoms with van der Waals surface area (Å²) in [5, 5.41) is 13.4. The first-order chi connectivity index (χ1) is 26.3. The first kappa shape index (κ1) is 52.8. The molecule has 54 heavy (non-hydrogen) atoms. The second-order valence-electron chi connectivity index (χ2n) is 16.4. The maximum absolute atomic E-state index is 12.6. The largest absolute Gasteiger partial charge is 0.391 e. The van der Waals surface area contributed by atoms with Crippen molar-refractivity contribution < 1.29 is 22.9 Å². The van der Waals surface area contributed by atoms with Crippen molar-refractivity contribution in [1.82, 2.24) is 5.32 Å². The molecule has 0 radical (unpaired) electrons. The zero-order valence-corrected chi connectivity index (χ0v) is 36.7. The Balaban J connectivity index is 3.79. The fourth-order valence-corrected chi connectivity index (χ4v) is 8.13. The molecule has 0 aromatic heterocycles. The number of rotatable bonds is 43. The van der Waals surface area contributed by atoms with E-state index in [2.05, 4.69) is 43.5 Å². The summed E-state index contributed by atoms with van der Waals surface area (Å²) in [6.45, 7) is 4.53. The molecule has 0 bridgehead atoms. The first-order valence-corrected chi connectivity index (χ1v) is 25.1. The van der Waals surface area contributed by atoms with E-state index >= 15 is 0 Å². The van der Waals surface area contributed by atoms with E-state index in [0.717, 1.165) is 44.9 Å². The zero-order chi connectivity index (χ0) is 39.6. The maximum Gasteiger partial charge on any atom is 0.266 e. The fourth-order valence-electron chi connectivity index (χ4n) is 7.37. The lowest BCUT2D eigenvalue weighted by molar-refractivity contribution is -0.122. The predicted molar refractivity (Wildman–Crippen MR) is 235 cm³/mol. The fraction of sp³-hybridized carbons (Fsp3) is 0.894. The van der Waals surface area contributed by atoms with Crippen molar-refractivity contribution in [3.63, 3.8) is 0 Å². The second kappa shape index (κ2) is 41.5. The number of unbranched alkanes of at least 4 members (excludes halogenated alkanes) is 31. The van der Waals surface area contributed by atoms with Gasteiger partial charge in [0.2, 0.25) is 5.91 Å². The molecule has 0 saturated carbocycles. The van der Waals surface area contributed by atoms with Gasteiger partial charge in [0.15, 0.2) is 0 Å². The quantitative estimate of drug-likeness (QED) is 0.0325. The Kier molecular flexibility index (Phi) is 40.5. The van der Waals surface area contributed by atoms with Crippen LogP contribution in [-0.2, 0) is 14.9 Å². The minimum absolute atomic E-state index is 0.247. The van der Waals surface area contributed by atoms with E-state index in [1.54, 1.807) is 0 Å². The van der Waals surface area contributed by atoms with Gasteiger partial charge in [-0.1, -0.05) is 224 Å². The molecular formula is C47H91NO5S. The highest BCUT2D eigenvalue weighted by Crippen LogP contribution is 2.17. The Morgan fingerprint density at radius 2 is 0.833 bits per heavy atom. The number of hydrogen-bond acceptors (Lipinski definition) is 4. The average Bonchev–Trinajstić information content (AvgIpc) is 3.14. The van der Waals surface area contributed by atoms with Crippen LogP contribution >= 0.6 is 0 Å². The number of amides is 1. The van der Waals surface area contributed by atoms with Crippen LogP contribution in [-0.4, -0.2) is 41.9 Å². The van der Waals surface area contributed by atoms with Gasteiger partial charge < -0.3 is 10.4 Å². The Hall–Kier alpha value is -1.18. The van der Waals surface area contributed by atoms with Gasteiger partial charge in [0.1, 0.15) is 0 Å². The van der Waals surface area contributed by atoms with Crippen LogP contribution in [0.2, 0.25) is 0 Å². The highest BCUT2D eigenvalue weighted by molar-refractivity contribution is 7.85. The molecule has 0 aliphatic rings. The van der Waals surface area contributed by atoms with E-state index in [4.69, 9.17) is 0 Å². The number of aliphatic hydroxyl groups is 1. The molecule has 7 heteroatoms. The van der Waals surface area contributed by atoms with Crippen LogP contribution in [0.5, 0.6) is 0 Å². The summed E-state index contributed by atoms with van der Waals surface area (Å²) in [4.78, 5) is 12.6. The monoisotopic (exact) mass is 782 g/mol. The Morgan fingerprint density at radius 1 is 0.500 bits per heavy atom. The summed E-state index contributed by atoms with van der Waals surface area (Å²) in [7, 11) is -4.31. The molecule has 0 aliphatic heterocycles. The number of nitrogens with one attached hydrogen (secondary N) is 1. The minimum atomic E-state index is -4.31. The molecular weight excluding hydrogens is 691 g/mol. The number of hydrogen-bond donors (Lipinski definition) is 3. The van der Waals surface area contributed by atoms with Gasteiger partial charge in [0.25, 0.3) is 10.1 Å². The summed E-state index contributed by atoms with van der Waals surface area (Å²) >= 11 is 0. The van der Waals surface area contributed by atoms with Crippen LogP contribution in [0.15, 0.2) is 24.3 Å². The number of carbonyl (C=O) groups is 1. The average molecular weight is 782 g/mol. The minimum Gasteiger partial charge on any atom is -0.391 e. The maximum atomic E-state index is 12.6. The lowest BCUT2D eigenvalue weighted by Crippen LogP contribution is -2.47. The molecule has 2 unspecified atom stereocenters. The Morgan fingerprint density at radius 3 is 1.20 bits per heavy atom. The highest BCUT2D eigenvalue weighted by Gasteiger charge is 2.26. The molecule has 1 amide bonds. The van der Waals surface area contributed by atoms with Gasteiger partial charge in [-0.2, -0.15) is 8.42 Å². The smallest absolute Gasteiger partial charge is 0.266 e. The number of carbonyl (C=O) groups excluding carboxylic acids is 1. The first-order valence-electron chi connectivity index (χ1n) is 23.5.